The summed E-state index contributed by atoms with van der Waals surface area (Å²) in [7, 11) is 0. The number of carbonyl (C=O) groups is 2. The molecule has 0 aromatic heterocycles. The number of carboxylic acid groups (broad SMARTS) is 1. The summed E-state index contributed by atoms with van der Waals surface area (Å²) in [6.45, 7) is 3.05. The first-order chi connectivity index (χ1) is 9.15. The van der Waals surface area contributed by atoms with Gasteiger partial charge in [-0.25, -0.2) is 4.79 Å². The first kappa shape index (κ1) is 14.7. The van der Waals surface area contributed by atoms with E-state index in [1.165, 1.54) is 0 Å². The van der Waals surface area contributed by atoms with Crippen LogP contribution in [0.5, 0.6) is 0 Å². The van der Waals surface area contributed by atoms with Crippen molar-refractivity contribution in [2.45, 2.75) is 44.0 Å². The first-order valence-corrected chi connectivity index (χ1v) is 7.93. The van der Waals surface area contributed by atoms with Crippen LogP contribution in [0.15, 0.2) is 0 Å². The Morgan fingerprint density at radius 3 is 2.68 bits per heavy atom. The summed E-state index contributed by atoms with van der Waals surface area (Å²) in [4.78, 5) is 25.1. The summed E-state index contributed by atoms with van der Waals surface area (Å²) >= 11 is 1.61. The standard InChI is InChI=1S/C13H21NO4S/c1-2-6-18-7-5-11(15)14-10(13(16)17)8-19-12(14)9-3-4-9/h9-10,12H,2-8H2,1H3,(H,16,17). The fourth-order valence-corrected chi connectivity index (χ4v) is 3.97. The zero-order valence-electron chi connectivity index (χ0n) is 11.2. The Hall–Kier alpha value is -0.750. The molecule has 2 atom stereocenters. The van der Waals surface area contributed by atoms with Crippen molar-refractivity contribution in [2.24, 2.45) is 5.92 Å². The van der Waals surface area contributed by atoms with Gasteiger partial charge in [-0.15, -0.1) is 11.8 Å². The van der Waals surface area contributed by atoms with Crippen LogP contribution in [0.2, 0.25) is 0 Å². The molecule has 108 valence electrons. The Balaban J connectivity index is 1.91. The third-order valence-corrected chi connectivity index (χ3v) is 4.90. The molecular formula is C13H21NO4S. The van der Waals surface area contributed by atoms with Gasteiger partial charge in [-0.2, -0.15) is 0 Å². The van der Waals surface area contributed by atoms with Crippen molar-refractivity contribution in [1.29, 1.82) is 0 Å². The summed E-state index contributed by atoms with van der Waals surface area (Å²) in [6, 6.07) is -0.658. The molecule has 1 N–H and O–H groups in total. The Morgan fingerprint density at radius 1 is 1.37 bits per heavy atom. The highest BCUT2D eigenvalue weighted by molar-refractivity contribution is 8.00. The van der Waals surface area contributed by atoms with Gasteiger partial charge in [0.2, 0.25) is 5.91 Å². The van der Waals surface area contributed by atoms with Gasteiger partial charge in [0.1, 0.15) is 6.04 Å². The van der Waals surface area contributed by atoms with E-state index in [9.17, 15) is 14.7 Å². The topological polar surface area (TPSA) is 66.8 Å². The van der Waals surface area contributed by atoms with Crippen molar-refractivity contribution < 1.29 is 19.4 Å². The summed E-state index contributed by atoms with van der Waals surface area (Å²) in [5, 5.41) is 9.29. The van der Waals surface area contributed by atoms with E-state index in [2.05, 4.69) is 0 Å². The zero-order valence-corrected chi connectivity index (χ0v) is 12.0. The van der Waals surface area contributed by atoms with E-state index in [4.69, 9.17) is 4.74 Å². The van der Waals surface area contributed by atoms with Crippen LogP contribution >= 0.6 is 11.8 Å². The number of nitrogens with zero attached hydrogens (tertiary/aromatic N) is 1. The largest absolute Gasteiger partial charge is 0.480 e. The number of aliphatic carboxylic acids is 1. The van der Waals surface area contributed by atoms with Crippen LogP contribution in [0.1, 0.15) is 32.6 Å². The molecule has 2 unspecified atom stereocenters. The average molecular weight is 287 g/mol. The van der Waals surface area contributed by atoms with Gasteiger partial charge in [0.15, 0.2) is 0 Å². The SMILES string of the molecule is CCCOCCC(=O)N1C(C(=O)O)CSC1C1CC1. The predicted octanol–water partition coefficient (Wildman–Crippen LogP) is 1.57. The highest BCUT2D eigenvalue weighted by atomic mass is 32.2. The quantitative estimate of drug-likeness (QED) is 0.720. The second-order valence-electron chi connectivity index (χ2n) is 5.08. The number of ether oxygens (including phenoxy) is 1. The Labute approximate surface area is 117 Å². The highest BCUT2D eigenvalue weighted by Gasteiger charge is 2.47. The van der Waals surface area contributed by atoms with Crippen molar-refractivity contribution in [3.05, 3.63) is 0 Å². The maximum atomic E-state index is 12.2. The van der Waals surface area contributed by atoms with E-state index in [0.717, 1.165) is 19.3 Å². The second kappa shape index (κ2) is 6.61. The van der Waals surface area contributed by atoms with E-state index in [0.29, 0.717) is 24.9 Å². The molecule has 0 bridgehead atoms. The van der Waals surface area contributed by atoms with E-state index in [1.54, 1.807) is 16.7 Å². The van der Waals surface area contributed by atoms with Crippen LogP contribution in [0, 0.1) is 5.92 Å². The molecule has 1 saturated carbocycles. The van der Waals surface area contributed by atoms with Crippen molar-refractivity contribution in [1.82, 2.24) is 4.90 Å². The number of hydrogen-bond acceptors (Lipinski definition) is 4. The lowest BCUT2D eigenvalue weighted by Gasteiger charge is -2.27. The molecule has 2 rings (SSSR count). The molecule has 19 heavy (non-hydrogen) atoms. The molecule has 2 aliphatic rings. The first-order valence-electron chi connectivity index (χ1n) is 6.88. The Kier molecular flexibility index (Phi) is 5.10. The smallest absolute Gasteiger partial charge is 0.327 e. The number of carbonyl (C=O) groups excluding carboxylic acids is 1. The minimum atomic E-state index is -0.890. The van der Waals surface area contributed by atoms with E-state index in [1.807, 2.05) is 6.92 Å². The Bertz CT molecular complexity index is 346. The molecule has 2 fully saturated rings. The van der Waals surface area contributed by atoms with Gasteiger partial charge in [-0.1, -0.05) is 6.92 Å². The van der Waals surface area contributed by atoms with Gasteiger partial charge in [-0.05, 0) is 25.2 Å². The van der Waals surface area contributed by atoms with Gasteiger partial charge in [0.25, 0.3) is 0 Å². The van der Waals surface area contributed by atoms with Crippen molar-refractivity contribution in [2.75, 3.05) is 19.0 Å². The molecule has 1 aliphatic carbocycles. The molecule has 1 aliphatic heterocycles. The summed E-state index contributed by atoms with van der Waals surface area (Å²) < 4.78 is 5.32. The van der Waals surface area contributed by atoms with Gasteiger partial charge < -0.3 is 14.7 Å². The highest BCUT2D eigenvalue weighted by Crippen LogP contribution is 2.45. The lowest BCUT2D eigenvalue weighted by atomic mass is 10.2. The third-order valence-electron chi connectivity index (χ3n) is 3.44. The fourth-order valence-electron chi connectivity index (χ4n) is 2.31. The summed E-state index contributed by atoms with van der Waals surface area (Å²) in [5.41, 5.74) is 0. The number of carboxylic acids is 1. The molecule has 0 spiro atoms. The molecule has 1 amide bonds. The van der Waals surface area contributed by atoms with Gasteiger partial charge in [-0.3, -0.25) is 4.79 Å². The fraction of sp³-hybridized carbons (Fsp3) is 0.846. The molecule has 0 aromatic carbocycles. The van der Waals surface area contributed by atoms with Gasteiger partial charge >= 0.3 is 5.97 Å². The number of amides is 1. The van der Waals surface area contributed by atoms with E-state index >= 15 is 0 Å². The summed E-state index contributed by atoms with van der Waals surface area (Å²) in [6.07, 6.45) is 3.43. The maximum Gasteiger partial charge on any atom is 0.327 e. The lowest BCUT2D eigenvalue weighted by molar-refractivity contribution is -0.149. The normalized spacial score (nSPS) is 26.7. The third kappa shape index (κ3) is 3.63. The minimum Gasteiger partial charge on any atom is -0.480 e. The number of hydrogen-bond donors (Lipinski definition) is 1. The van der Waals surface area contributed by atoms with Crippen LogP contribution in [0.25, 0.3) is 0 Å². The van der Waals surface area contributed by atoms with Crippen molar-refractivity contribution in [3.63, 3.8) is 0 Å². The average Bonchev–Trinajstić information content (AvgIpc) is 3.12. The number of thioether (sulfide) groups is 1. The Morgan fingerprint density at radius 2 is 2.11 bits per heavy atom. The van der Waals surface area contributed by atoms with Crippen LogP contribution in [0.3, 0.4) is 0 Å². The molecular weight excluding hydrogens is 266 g/mol. The second-order valence-corrected chi connectivity index (χ2v) is 6.23. The van der Waals surface area contributed by atoms with Crippen LogP contribution < -0.4 is 0 Å². The molecule has 1 saturated heterocycles. The summed E-state index contributed by atoms with van der Waals surface area (Å²) in [5.74, 6) is 0.0386. The van der Waals surface area contributed by atoms with E-state index < -0.39 is 12.0 Å². The molecule has 0 radical (unpaired) electrons. The van der Waals surface area contributed by atoms with Crippen LogP contribution in [0.4, 0.5) is 0 Å². The molecule has 0 aromatic rings. The van der Waals surface area contributed by atoms with Gasteiger partial charge in [0.05, 0.1) is 18.4 Å². The van der Waals surface area contributed by atoms with Crippen LogP contribution in [-0.2, 0) is 14.3 Å². The van der Waals surface area contributed by atoms with Gasteiger partial charge in [0, 0.05) is 12.4 Å². The maximum absolute atomic E-state index is 12.2. The monoisotopic (exact) mass is 287 g/mol. The minimum absolute atomic E-state index is 0.0692. The van der Waals surface area contributed by atoms with Crippen molar-refractivity contribution >= 4 is 23.6 Å². The van der Waals surface area contributed by atoms with Crippen molar-refractivity contribution in [3.8, 4) is 0 Å². The number of rotatable bonds is 7. The molecule has 1 heterocycles. The predicted molar refractivity (Wildman–Crippen MR) is 73.0 cm³/mol. The molecule has 6 heteroatoms. The zero-order chi connectivity index (χ0) is 13.8. The lowest BCUT2D eigenvalue weighted by Crippen LogP contribution is -2.46. The molecule has 5 nitrogen and oxygen atoms in total. The van der Waals surface area contributed by atoms with E-state index in [-0.39, 0.29) is 17.7 Å². The van der Waals surface area contributed by atoms with Crippen LogP contribution in [-0.4, -0.2) is 52.3 Å².